The molecule has 1 rings (SSSR count). The van der Waals surface area contributed by atoms with Crippen LogP contribution < -0.4 is 11.1 Å². The fraction of sp³-hybridized carbons (Fsp3) is 0.500. The van der Waals surface area contributed by atoms with Crippen LogP contribution >= 0.6 is 0 Å². The third kappa shape index (κ3) is 2.63. The first-order chi connectivity index (χ1) is 7.02. The lowest BCUT2D eigenvalue weighted by molar-refractivity contribution is 0.219. The summed E-state index contributed by atoms with van der Waals surface area (Å²) in [5, 5.41) is 12.6. The molecule has 0 aliphatic rings. The zero-order chi connectivity index (χ0) is 11.5. The Morgan fingerprint density at radius 2 is 2.13 bits per heavy atom. The maximum atomic E-state index is 9.30. The molecule has 0 aliphatic carbocycles. The van der Waals surface area contributed by atoms with Gasteiger partial charge in [0.15, 0.2) is 0 Å². The number of rotatable bonds is 4. The number of nitrogens with one attached hydrogen (secondary N) is 1. The summed E-state index contributed by atoms with van der Waals surface area (Å²) in [6.07, 6.45) is 0.844. The molecule has 0 amide bonds. The highest BCUT2D eigenvalue weighted by atomic mass is 16.3. The van der Waals surface area contributed by atoms with Crippen LogP contribution in [0.1, 0.15) is 25.8 Å². The van der Waals surface area contributed by atoms with E-state index in [-0.39, 0.29) is 12.1 Å². The summed E-state index contributed by atoms with van der Waals surface area (Å²) in [6, 6.07) is 5.87. The molecule has 4 N–H and O–H groups in total. The van der Waals surface area contributed by atoms with Crippen molar-refractivity contribution < 1.29 is 5.11 Å². The van der Waals surface area contributed by atoms with Crippen molar-refractivity contribution in [2.75, 3.05) is 17.7 Å². The minimum atomic E-state index is -0.304. The highest BCUT2D eigenvalue weighted by Crippen LogP contribution is 2.26. The van der Waals surface area contributed by atoms with Crippen LogP contribution in [0.15, 0.2) is 18.2 Å². The topological polar surface area (TPSA) is 58.3 Å². The van der Waals surface area contributed by atoms with Gasteiger partial charge in [-0.2, -0.15) is 0 Å². The van der Waals surface area contributed by atoms with Gasteiger partial charge in [0.2, 0.25) is 0 Å². The van der Waals surface area contributed by atoms with E-state index in [0.717, 1.165) is 23.4 Å². The SMILES string of the molecule is CCC(C)(CO)Nc1cccc(C)c1N. The van der Waals surface area contributed by atoms with Crippen molar-refractivity contribution >= 4 is 11.4 Å². The van der Waals surface area contributed by atoms with E-state index < -0.39 is 0 Å². The van der Waals surface area contributed by atoms with Crippen LogP contribution in [0.5, 0.6) is 0 Å². The lowest BCUT2D eigenvalue weighted by atomic mass is 9.99. The van der Waals surface area contributed by atoms with Crippen molar-refractivity contribution in [3.05, 3.63) is 23.8 Å². The number of benzene rings is 1. The Hall–Kier alpha value is -1.22. The normalized spacial score (nSPS) is 14.7. The van der Waals surface area contributed by atoms with Gasteiger partial charge >= 0.3 is 0 Å². The summed E-state index contributed by atoms with van der Waals surface area (Å²) in [6.45, 7) is 6.09. The molecule has 0 aliphatic heterocycles. The lowest BCUT2D eigenvalue weighted by Gasteiger charge is -2.29. The number of hydrogen-bond donors (Lipinski definition) is 3. The molecule has 1 unspecified atom stereocenters. The summed E-state index contributed by atoms with van der Waals surface area (Å²) in [4.78, 5) is 0. The van der Waals surface area contributed by atoms with Gasteiger partial charge in [0, 0.05) is 0 Å². The zero-order valence-electron chi connectivity index (χ0n) is 9.67. The fourth-order valence-electron chi connectivity index (χ4n) is 1.35. The molecule has 0 saturated carbocycles. The van der Waals surface area contributed by atoms with Crippen LogP contribution in [-0.2, 0) is 0 Å². The molecule has 1 aromatic carbocycles. The van der Waals surface area contributed by atoms with Crippen molar-refractivity contribution in [1.82, 2.24) is 0 Å². The minimum absolute atomic E-state index is 0.0941. The number of para-hydroxylation sites is 1. The fourth-order valence-corrected chi connectivity index (χ4v) is 1.35. The maximum absolute atomic E-state index is 9.30. The van der Waals surface area contributed by atoms with Gasteiger partial charge < -0.3 is 16.2 Å². The Bertz CT molecular complexity index is 332. The van der Waals surface area contributed by atoms with E-state index in [0.29, 0.717) is 0 Å². The number of nitrogens with two attached hydrogens (primary N) is 1. The molecule has 0 saturated heterocycles. The molecule has 1 aromatic rings. The van der Waals surface area contributed by atoms with E-state index in [2.05, 4.69) is 5.32 Å². The molecular weight excluding hydrogens is 188 g/mol. The first kappa shape index (κ1) is 11.9. The van der Waals surface area contributed by atoms with Crippen molar-refractivity contribution in [1.29, 1.82) is 0 Å². The van der Waals surface area contributed by atoms with E-state index in [1.54, 1.807) is 0 Å². The summed E-state index contributed by atoms with van der Waals surface area (Å²) < 4.78 is 0. The molecule has 3 heteroatoms. The number of aryl methyl sites for hydroxylation is 1. The van der Waals surface area contributed by atoms with Crippen molar-refractivity contribution in [2.45, 2.75) is 32.7 Å². The van der Waals surface area contributed by atoms with Gasteiger partial charge in [-0.3, -0.25) is 0 Å². The third-order valence-electron chi connectivity index (χ3n) is 2.89. The Labute approximate surface area is 91.3 Å². The molecule has 84 valence electrons. The molecule has 0 radical (unpaired) electrons. The van der Waals surface area contributed by atoms with Crippen LogP contribution in [0.2, 0.25) is 0 Å². The van der Waals surface area contributed by atoms with Gasteiger partial charge in [-0.25, -0.2) is 0 Å². The van der Waals surface area contributed by atoms with Crippen molar-refractivity contribution in [3.63, 3.8) is 0 Å². The molecule has 1 atom stereocenters. The van der Waals surface area contributed by atoms with Gasteiger partial charge in [0.1, 0.15) is 0 Å². The summed E-state index contributed by atoms with van der Waals surface area (Å²) in [5.41, 5.74) is 8.36. The van der Waals surface area contributed by atoms with E-state index in [1.165, 1.54) is 0 Å². The van der Waals surface area contributed by atoms with Gasteiger partial charge in [-0.1, -0.05) is 19.1 Å². The number of hydrogen-bond acceptors (Lipinski definition) is 3. The molecule has 0 fully saturated rings. The summed E-state index contributed by atoms with van der Waals surface area (Å²) >= 11 is 0. The second-order valence-corrected chi connectivity index (χ2v) is 4.23. The molecule has 3 nitrogen and oxygen atoms in total. The largest absolute Gasteiger partial charge is 0.397 e. The van der Waals surface area contributed by atoms with Gasteiger partial charge in [0.25, 0.3) is 0 Å². The number of nitrogen functional groups attached to an aromatic ring is 1. The monoisotopic (exact) mass is 208 g/mol. The first-order valence-electron chi connectivity index (χ1n) is 5.26. The second-order valence-electron chi connectivity index (χ2n) is 4.23. The molecule has 0 heterocycles. The van der Waals surface area contributed by atoms with Gasteiger partial charge in [-0.05, 0) is 31.9 Å². The van der Waals surface area contributed by atoms with Crippen LogP contribution in [0.25, 0.3) is 0 Å². The summed E-state index contributed by atoms with van der Waals surface area (Å²) in [5.74, 6) is 0. The first-order valence-corrected chi connectivity index (χ1v) is 5.26. The highest BCUT2D eigenvalue weighted by Gasteiger charge is 2.21. The smallest absolute Gasteiger partial charge is 0.0658 e. The van der Waals surface area contributed by atoms with Crippen LogP contribution in [0.3, 0.4) is 0 Å². The van der Waals surface area contributed by atoms with Crippen LogP contribution in [0, 0.1) is 6.92 Å². The average molecular weight is 208 g/mol. The zero-order valence-corrected chi connectivity index (χ0v) is 9.67. The second kappa shape index (κ2) is 4.53. The highest BCUT2D eigenvalue weighted by molar-refractivity contribution is 5.70. The quantitative estimate of drug-likeness (QED) is 0.664. The number of aliphatic hydroxyl groups is 1. The minimum Gasteiger partial charge on any atom is -0.397 e. The average Bonchev–Trinajstić information content (AvgIpc) is 2.25. The maximum Gasteiger partial charge on any atom is 0.0658 e. The molecular formula is C12H20N2O. The van der Waals surface area contributed by atoms with Crippen LogP contribution in [-0.4, -0.2) is 17.3 Å². The van der Waals surface area contributed by atoms with E-state index >= 15 is 0 Å². The predicted molar refractivity (Wildman–Crippen MR) is 65.0 cm³/mol. The van der Waals surface area contributed by atoms with Gasteiger partial charge in [0.05, 0.1) is 23.5 Å². The molecule has 0 aromatic heterocycles. The Balaban J connectivity index is 2.94. The summed E-state index contributed by atoms with van der Waals surface area (Å²) in [7, 11) is 0. The molecule has 15 heavy (non-hydrogen) atoms. The van der Waals surface area contributed by atoms with Crippen molar-refractivity contribution in [2.24, 2.45) is 0 Å². The van der Waals surface area contributed by atoms with E-state index in [9.17, 15) is 5.11 Å². The molecule has 0 spiro atoms. The number of anilines is 2. The Kier molecular flexibility index (Phi) is 3.58. The third-order valence-corrected chi connectivity index (χ3v) is 2.89. The standard InChI is InChI=1S/C12H20N2O/c1-4-12(3,8-15)14-10-7-5-6-9(2)11(10)13/h5-7,14-15H,4,8,13H2,1-3H3. The van der Waals surface area contributed by atoms with Crippen molar-refractivity contribution in [3.8, 4) is 0 Å². The van der Waals surface area contributed by atoms with E-state index in [1.807, 2.05) is 39.0 Å². The number of aliphatic hydroxyl groups excluding tert-OH is 1. The predicted octanol–water partition coefficient (Wildman–Crippen LogP) is 2.15. The van der Waals surface area contributed by atoms with Gasteiger partial charge in [-0.15, -0.1) is 0 Å². The van der Waals surface area contributed by atoms with E-state index in [4.69, 9.17) is 5.73 Å². The Morgan fingerprint density at radius 3 is 2.67 bits per heavy atom. The lowest BCUT2D eigenvalue weighted by Crippen LogP contribution is -2.38. The Morgan fingerprint density at radius 1 is 1.47 bits per heavy atom. The van der Waals surface area contributed by atoms with Crippen LogP contribution in [0.4, 0.5) is 11.4 Å². The molecule has 0 bridgehead atoms.